The van der Waals surface area contributed by atoms with E-state index in [0.717, 1.165) is 5.69 Å². The van der Waals surface area contributed by atoms with Crippen LogP contribution in [0.3, 0.4) is 0 Å². The molecule has 0 amide bonds. The molecule has 2 aromatic carbocycles. The zero-order valence-electron chi connectivity index (χ0n) is 15.9. The van der Waals surface area contributed by atoms with Crippen molar-refractivity contribution < 1.29 is 14.2 Å². The number of methoxy groups -OCH3 is 2. The molecule has 1 aromatic heterocycles. The Morgan fingerprint density at radius 1 is 1.10 bits per heavy atom. The van der Waals surface area contributed by atoms with Crippen LogP contribution in [0, 0.1) is 11.3 Å². The molecule has 1 aliphatic rings. The van der Waals surface area contributed by atoms with E-state index in [1.165, 1.54) is 0 Å². The van der Waals surface area contributed by atoms with Gasteiger partial charge in [0.25, 0.3) is 0 Å². The molecule has 0 radical (unpaired) electrons. The number of para-hydroxylation sites is 1. The van der Waals surface area contributed by atoms with Crippen molar-refractivity contribution in [2.24, 2.45) is 5.73 Å². The Balaban J connectivity index is 2.00. The second-order valence-electron chi connectivity index (χ2n) is 6.38. The number of anilines is 1. The number of nitrogens with two attached hydrogens (primary N) is 2. The molecule has 3 aromatic rings. The van der Waals surface area contributed by atoms with E-state index in [4.69, 9.17) is 25.7 Å². The summed E-state index contributed by atoms with van der Waals surface area (Å²) in [5, 5.41) is 14.3. The van der Waals surface area contributed by atoms with E-state index in [2.05, 4.69) is 11.2 Å². The molecule has 0 fully saturated rings. The predicted octanol–water partition coefficient (Wildman–Crippen LogP) is 2.69. The maximum absolute atomic E-state index is 9.82. The van der Waals surface area contributed by atoms with Crippen molar-refractivity contribution >= 4 is 5.82 Å². The molecule has 146 valence electrons. The molecule has 4 rings (SSSR count). The number of allylic oxidation sites excluding steroid dienone is 1. The molecule has 0 aliphatic carbocycles. The number of hydrogen-bond acceptors (Lipinski definition) is 7. The van der Waals surface area contributed by atoms with Crippen LogP contribution in [0.2, 0.25) is 0 Å². The van der Waals surface area contributed by atoms with Crippen LogP contribution >= 0.6 is 0 Å². The maximum atomic E-state index is 9.82. The van der Waals surface area contributed by atoms with Crippen LogP contribution in [0.1, 0.15) is 17.0 Å². The molecule has 0 saturated carbocycles. The monoisotopic (exact) mass is 389 g/mol. The van der Waals surface area contributed by atoms with Gasteiger partial charge in [0.1, 0.15) is 23.1 Å². The Morgan fingerprint density at radius 2 is 1.86 bits per heavy atom. The largest absolute Gasteiger partial charge is 0.497 e. The van der Waals surface area contributed by atoms with Crippen molar-refractivity contribution in [1.29, 1.82) is 5.26 Å². The van der Waals surface area contributed by atoms with Gasteiger partial charge in [-0.05, 0) is 30.3 Å². The van der Waals surface area contributed by atoms with E-state index >= 15 is 0 Å². The van der Waals surface area contributed by atoms with Crippen molar-refractivity contribution in [3.63, 3.8) is 0 Å². The van der Waals surface area contributed by atoms with E-state index in [9.17, 15) is 5.26 Å². The lowest BCUT2D eigenvalue weighted by atomic mass is 9.84. The van der Waals surface area contributed by atoms with Gasteiger partial charge in [-0.1, -0.05) is 18.2 Å². The van der Waals surface area contributed by atoms with Gasteiger partial charge in [-0.15, -0.1) is 5.10 Å². The zero-order valence-corrected chi connectivity index (χ0v) is 15.9. The van der Waals surface area contributed by atoms with Crippen molar-refractivity contribution in [1.82, 2.24) is 9.78 Å². The van der Waals surface area contributed by atoms with Gasteiger partial charge in [0.05, 0.1) is 31.4 Å². The molecule has 1 atom stereocenters. The van der Waals surface area contributed by atoms with Crippen LogP contribution < -0.4 is 25.7 Å². The number of nitrogens with zero attached hydrogens (tertiary/aromatic N) is 3. The molecular weight excluding hydrogens is 370 g/mol. The highest BCUT2D eigenvalue weighted by atomic mass is 16.5. The standard InChI is InChI=1S/C21H19N5O3/c1-27-13-8-9-16(28-2)14(10-13)17-15(11-22)20(24)29-21-18(17)19(23)25-26(21)12-6-4-3-5-7-12/h3-10,17H,24H2,1-2H3,(H2,23,25). The Labute approximate surface area is 167 Å². The van der Waals surface area contributed by atoms with Crippen LogP contribution in [-0.4, -0.2) is 24.0 Å². The van der Waals surface area contributed by atoms with Gasteiger partial charge in [0.2, 0.25) is 11.8 Å². The van der Waals surface area contributed by atoms with Crippen molar-refractivity contribution in [2.75, 3.05) is 20.0 Å². The summed E-state index contributed by atoms with van der Waals surface area (Å²) in [5.74, 6) is 1.15. The van der Waals surface area contributed by atoms with Crippen LogP contribution in [0.15, 0.2) is 60.0 Å². The summed E-state index contributed by atoms with van der Waals surface area (Å²) in [6.07, 6.45) is 0. The van der Waals surface area contributed by atoms with Gasteiger partial charge in [0, 0.05) is 5.56 Å². The molecule has 29 heavy (non-hydrogen) atoms. The molecule has 8 nitrogen and oxygen atoms in total. The molecule has 0 saturated heterocycles. The highest BCUT2D eigenvalue weighted by Gasteiger charge is 2.38. The number of nitriles is 1. The third-order valence-corrected chi connectivity index (χ3v) is 4.82. The fraction of sp³-hybridized carbons (Fsp3) is 0.143. The Kier molecular flexibility index (Phi) is 4.49. The average molecular weight is 389 g/mol. The lowest BCUT2D eigenvalue weighted by molar-refractivity contribution is 0.363. The SMILES string of the molecule is COc1ccc(OC)c(C2C(C#N)=C(N)Oc3c2c(N)nn3-c2ccccc2)c1. The first-order valence-electron chi connectivity index (χ1n) is 8.82. The van der Waals surface area contributed by atoms with Gasteiger partial charge in [-0.25, -0.2) is 0 Å². The molecular formula is C21H19N5O3. The van der Waals surface area contributed by atoms with Gasteiger partial charge in [-0.2, -0.15) is 9.94 Å². The van der Waals surface area contributed by atoms with Crippen LogP contribution in [0.5, 0.6) is 17.4 Å². The molecule has 0 spiro atoms. The average Bonchev–Trinajstić information content (AvgIpc) is 3.08. The minimum atomic E-state index is -0.619. The maximum Gasteiger partial charge on any atom is 0.231 e. The summed E-state index contributed by atoms with van der Waals surface area (Å²) in [5.41, 5.74) is 14.6. The molecule has 0 bridgehead atoms. The minimum Gasteiger partial charge on any atom is -0.497 e. The lowest BCUT2D eigenvalue weighted by Crippen LogP contribution is -2.22. The Morgan fingerprint density at radius 3 is 2.52 bits per heavy atom. The minimum absolute atomic E-state index is 0.00745. The summed E-state index contributed by atoms with van der Waals surface area (Å²) < 4.78 is 18.3. The van der Waals surface area contributed by atoms with Gasteiger partial charge >= 0.3 is 0 Å². The quantitative estimate of drug-likeness (QED) is 0.703. The summed E-state index contributed by atoms with van der Waals surface area (Å²) >= 11 is 0. The van der Waals surface area contributed by atoms with E-state index in [1.54, 1.807) is 37.1 Å². The Bertz CT molecular complexity index is 1150. The highest BCUT2D eigenvalue weighted by Crippen LogP contribution is 2.48. The predicted molar refractivity (Wildman–Crippen MR) is 107 cm³/mol. The summed E-state index contributed by atoms with van der Waals surface area (Å²) in [6, 6.07) is 16.9. The van der Waals surface area contributed by atoms with E-state index < -0.39 is 5.92 Å². The van der Waals surface area contributed by atoms with E-state index in [0.29, 0.717) is 28.5 Å². The van der Waals surface area contributed by atoms with Crippen molar-refractivity contribution in [3.8, 4) is 29.1 Å². The second-order valence-corrected chi connectivity index (χ2v) is 6.38. The molecule has 1 aliphatic heterocycles. The molecule has 4 N–H and O–H groups in total. The number of fused-ring (bicyclic) bond motifs is 1. The zero-order chi connectivity index (χ0) is 20.5. The molecule has 8 heteroatoms. The van der Waals surface area contributed by atoms with Crippen molar-refractivity contribution in [3.05, 3.63) is 71.1 Å². The first-order chi connectivity index (χ1) is 14.1. The summed E-state index contributed by atoms with van der Waals surface area (Å²) in [4.78, 5) is 0. The van der Waals surface area contributed by atoms with E-state index in [1.807, 2.05) is 30.3 Å². The van der Waals surface area contributed by atoms with Crippen LogP contribution in [0.4, 0.5) is 5.82 Å². The number of benzene rings is 2. The van der Waals surface area contributed by atoms with Crippen molar-refractivity contribution in [2.45, 2.75) is 5.92 Å². The third kappa shape index (κ3) is 2.89. The second kappa shape index (κ2) is 7.13. The lowest BCUT2D eigenvalue weighted by Gasteiger charge is -2.26. The number of aromatic nitrogens is 2. The van der Waals surface area contributed by atoms with Crippen LogP contribution in [-0.2, 0) is 0 Å². The van der Waals surface area contributed by atoms with Gasteiger partial charge < -0.3 is 25.7 Å². The van der Waals surface area contributed by atoms with Gasteiger partial charge in [-0.3, -0.25) is 0 Å². The van der Waals surface area contributed by atoms with Gasteiger partial charge in [0.15, 0.2) is 5.82 Å². The number of nitrogen functional groups attached to an aromatic ring is 1. The summed E-state index contributed by atoms with van der Waals surface area (Å²) in [7, 11) is 3.12. The Hall–Kier alpha value is -4.12. The number of ether oxygens (including phenoxy) is 3. The normalized spacial score (nSPS) is 15.3. The van der Waals surface area contributed by atoms with E-state index in [-0.39, 0.29) is 17.3 Å². The number of hydrogen-bond donors (Lipinski definition) is 2. The first-order valence-corrected chi connectivity index (χ1v) is 8.82. The third-order valence-electron chi connectivity index (χ3n) is 4.82. The fourth-order valence-corrected chi connectivity index (χ4v) is 3.49. The summed E-state index contributed by atoms with van der Waals surface area (Å²) in [6.45, 7) is 0. The smallest absolute Gasteiger partial charge is 0.231 e. The molecule has 1 unspecified atom stereocenters. The highest BCUT2D eigenvalue weighted by molar-refractivity contribution is 5.65. The fourth-order valence-electron chi connectivity index (χ4n) is 3.49. The molecule has 2 heterocycles. The first kappa shape index (κ1) is 18.3. The van der Waals surface area contributed by atoms with Crippen LogP contribution in [0.25, 0.3) is 5.69 Å². The number of rotatable bonds is 4. The topological polar surface area (TPSA) is 121 Å².